The van der Waals surface area contributed by atoms with Gasteiger partial charge in [0.2, 0.25) is 5.91 Å². The van der Waals surface area contributed by atoms with E-state index >= 15 is 0 Å². The first-order valence-corrected chi connectivity index (χ1v) is 11.4. The molecule has 0 saturated heterocycles. The number of hydrogen-bond acceptors (Lipinski definition) is 4. The maximum absolute atomic E-state index is 13.4. The average Bonchev–Trinajstić information content (AvgIpc) is 2.82. The summed E-state index contributed by atoms with van der Waals surface area (Å²) in [4.78, 5) is 15.1. The highest BCUT2D eigenvalue weighted by Gasteiger charge is 2.25. The van der Waals surface area contributed by atoms with Crippen LogP contribution in [0.4, 0.5) is 0 Å². The molecule has 3 aromatic carbocycles. The highest BCUT2D eigenvalue weighted by atomic mass is 16.7. The van der Waals surface area contributed by atoms with Gasteiger partial charge in [0, 0.05) is 19.8 Å². The molecule has 5 heteroatoms. The lowest BCUT2D eigenvalue weighted by atomic mass is 10.0. The van der Waals surface area contributed by atoms with E-state index in [2.05, 4.69) is 42.5 Å². The predicted molar refractivity (Wildman–Crippen MR) is 129 cm³/mol. The molecule has 0 aliphatic heterocycles. The third kappa shape index (κ3) is 6.89. The number of carbonyl (C=O) groups is 1. The molecule has 170 valence electrons. The number of rotatable bonds is 12. The molecule has 0 unspecified atom stereocenters. The quantitative estimate of drug-likeness (QED) is 0.426. The van der Waals surface area contributed by atoms with Crippen molar-refractivity contribution in [3.05, 3.63) is 83.9 Å². The van der Waals surface area contributed by atoms with Crippen molar-refractivity contribution in [2.24, 2.45) is 5.73 Å². The van der Waals surface area contributed by atoms with E-state index < -0.39 is 12.3 Å². The molecule has 0 aromatic heterocycles. The summed E-state index contributed by atoms with van der Waals surface area (Å²) in [5.41, 5.74) is 8.59. The van der Waals surface area contributed by atoms with Crippen LogP contribution in [-0.2, 0) is 27.2 Å². The summed E-state index contributed by atoms with van der Waals surface area (Å²) in [5.74, 6) is -0.0847. The molecule has 0 saturated carbocycles. The minimum atomic E-state index is -0.584. The normalized spacial score (nSPS) is 12.2. The maximum atomic E-state index is 13.4. The van der Waals surface area contributed by atoms with Crippen molar-refractivity contribution >= 4 is 16.7 Å². The van der Waals surface area contributed by atoms with Crippen LogP contribution < -0.4 is 5.73 Å². The van der Waals surface area contributed by atoms with Crippen LogP contribution in [0.2, 0.25) is 0 Å². The first-order chi connectivity index (χ1) is 15.6. The lowest BCUT2D eigenvalue weighted by Gasteiger charge is -2.29. The molecule has 2 N–H and O–H groups in total. The summed E-state index contributed by atoms with van der Waals surface area (Å²) in [7, 11) is 0. The van der Waals surface area contributed by atoms with Gasteiger partial charge in [-0.15, -0.1) is 0 Å². The first-order valence-electron chi connectivity index (χ1n) is 11.4. The second-order valence-corrected chi connectivity index (χ2v) is 7.87. The van der Waals surface area contributed by atoms with Gasteiger partial charge in [-0.2, -0.15) is 0 Å². The number of nitrogens with two attached hydrogens (primary N) is 1. The van der Waals surface area contributed by atoms with Crippen molar-refractivity contribution in [1.29, 1.82) is 0 Å². The Hall–Kier alpha value is -2.73. The van der Waals surface area contributed by atoms with Gasteiger partial charge >= 0.3 is 0 Å². The fraction of sp³-hybridized carbons (Fsp3) is 0.370. The van der Waals surface area contributed by atoms with Gasteiger partial charge in [0.25, 0.3) is 0 Å². The standard InChI is InChI=1S/C27H34N2O3/c1-3-31-26(32-4-2)20-29(19-22-14-16-23-12-8-9-13-24(23)18-22)27(30)25(28)17-15-21-10-6-5-7-11-21/h5-14,16,18,25-26H,3-4,15,17,19-20,28H2,1-2H3/t25-/m0/s1. The number of nitrogens with zero attached hydrogens (tertiary/aromatic N) is 1. The molecule has 1 atom stereocenters. The number of carbonyl (C=O) groups excluding carboxylic acids is 1. The molecule has 0 heterocycles. The van der Waals surface area contributed by atoms with E-state index in [-0.39, 0.29) is 5.91 Å². The molecule has 0 aliphatic carbocycles. The molecule has 0 spiro atoms. The summed E-state index contributed by atoms with van der Waals surface area (Å²) in [6, 6.07) is 24.0. The summed E-state index contributed by atoms with van der Waals surface area (Å²) in [5, 5.41) is 2.33. The summed E-state index contributed by atoms with van der Waals surface area (Å²) in [6.07, 6.45) is 0.874. The second kappa shape index (κ2) is 12.3. The van der Waals surface area contributed by atoms with E-state index in [1.807, 2.05) is 44.2 Å². The molecule has 3 aromatic rings. The number of amides is 1. The Morgan fingerprint density at radius 1 is 0.875 bits per heavy atom. The Balaban J connectivity index is 1.75. The van der Waals surface area contributed by atoms with Gasteiger partial charge in [0.15, 0.2) is 6.29 Å². The average molecular weight is 435 g/mol. The van der Waals surface area contributed by atoms with Crippen molar-refractivity contribution < 1.29 is 14.3 Å². The van der Waals surface area contributed by atoms with Crippen LogP contribution in [0.1, 0.15) is 31.4 Å². The molecular weight excluding hydrogens is 400 g/mol. The van der Waals surface area contributed by atoms with Crippen LogP contribution in [0.3, 0.4) is 0 Å². The first kappa shape index (κ1) is 23.9. The van der Waals surface area contributed by atoms with Crippen LogP contribution in [0.25, 0.3) is 10.8 Å². The van der Waals surface area contributed by atoms with Crippen molar-refractivity contribution in [2.45, 2.75) is 45.6 Å². The Kier molecular flexibility index (Phi) is 9.23. The molecule has 3 rings (SSSR count). The van der Waals surface area contributed by atoms with Crippen molar-refractivity contribution in [2.75, 3.05) is 19.8 Å². The second-order valence-electron chi connectivity index (χ2n) is 7.87. The van der Waals surface area contributed by atoms with Crippen LogP contribution in [0.5, 0.6) is 0 Å². The van der Waals surface area contributed by atoms with Crippen molar-refractivity contribution in [1.82, 2.24) is 4.90 Å². The fourth-order valence-electron chi connectivity index (χ4n) is 3.82. The lowest BCUT2D eigenvalue weighted by molar-refractivity contribution is -0.160. The van der Waals surface area contributed by atoms with Gasteiger partial charge in [0.05, 0.1) is 12.6 Å². The van der Waals surface area contributed by atoms with Gasteiger partial charge in [-0.3, -0.25) is 4.79 Å². The van der Waals surface area contributed by atoms with Crippen molar-refractivity contribution in [3.63, 3.8) is 0 Å². The number of hydrogen-bond donors (Lipinski definition) is 1. The van der Waals surface area contributed by atoms with E-state index in [9.17, 15) is 4.79 Å². The zero-order chi connectivity index (χ0) is 22.8. The third-order valence-corrected chi connectivity index (χ3v) is 5.48. The molecule has 0 bridgehead atoms. The highest BCUT2D eigenvalue weighted by molar-refractivity contribution is 5.84. The topological polar surface area (TPSA) is 64.8 Å². The molecular formula is C27H34N2O3. The van der Waals surface area contributed by atoms with Crippen LogP contribution in [0, 0.1) is 0 Å². The van der Waals surface area contributed by atoms with Gasteiger partial charge in [-0.1, -0.05) is 66.7 Å². The Bertz CT molecular complexity index is 971. The number of fused-ring (bicyclic) bond motifs is 1. The molecule has 5 nitrogen and oxygen atoms in total. The van der Waals surface area contributed by atoms with Crippen LogP contribution >= 0.6 is 0 Å². The zero-order valence-electron chi connectivity index (χ0n) is 19.1. The highest BCUT2D eigenvalue weighted by Crippen LogP contribution is 2.18. The van der Waals surface area contributed by atoms with Crippen LogP contribution in [0.15, 0.2) is 72.8 Å². The SMILES string of the molecule is CCOC(CN(Cc1ccc2ccccc2c1)C(=O)[C@@H](N)CCc1ccccc1)OCC. The van der Waals surface area contributed by atoms with Gasteiger partial charge in [-0.25, -0.2) is 0 Å². The van der Waals surface area contributed by atoms with Crippen molar-refractivity contribution in [3.8, 4) is 0 Å². The minimum Gasteiger partial charge on any atom is -0.351 e. The largest absolute Gasteiger partial charge is 0.351 e. The minimum absolute atomic E-state index is 0.0847. The number of benzene rings is 3. The molecule has 0 radical (unpaired) electrons. The predicted octanol–water partition coefficient (Wildman–Crippen LogP) is 4.53. The van der Waals surface area contributed by atoms with E-state index in [4.69, 9.17) is 15.2 Å². The lowest BCUT2D eigenvalue weighted by Crippen LogP contribution is -2.47. The summed E-state index contributed by atoms with van der Waals surface area (Å²) < 4.78 is 11.4. The Morgan fingerprint density at radius 2 is 1.53 bits per heavy atom. The fourth-order valence-corrected chi connectivity index (χ4v) is 3.82. The van der Waals surface area contributed by atoms with E-state index in [1.54, 1.807) is 4.90 Å². The summed E-state index contributed by atoms with van der Waals surface area (Å²) in [6.45, 7) is 5.68. The van der Waals surface area contributed by atoms with Gasteiger partial charge in [0.1, 0.15) is 0 Å². The Labute approximate surface area is 191 Å². The zero-order valence-corrected chi connectivity index (χ0v) is 19.1. The molecule has 0 aliphatic rings. The van der Waals surface area contributed by atoms with Gasteiger partial charge in [-0.05, 0) is 54.7 Å². The maximum Gasteiger partial charge on any atom is 0.239 e. The van der Waals surface area contributed by atoms with E-state index in [0.717, 1.165) is 17.4 Å². The third-order valence-electron chi connectivity index (χ3n) is 5.48. The van der Waals surface area contributed by atoms with E-state index in [1.165, 1.54) is 10.9 Å². The Morgan fingerprint density at radius 3 is 2.22 bits per heavy atom. The van der Waals surface area contributed by atoms with Gasteiger partial charge < -0.3 is 20.1 Å². The number of ether oxygens (including phenoxy) is 2. The molecule has 0 fully saturated rings. The smallest absolute Gasteiger partial charge is 0.239 e. The molecule has 1 amide bonds. The number of aryl methyl sites for hydroxylation is 1. The summed E-state index contributed by atoms with van der Waals surface area (Å²) >= 11 is 0. The molecule has 32 heavy (non-hydrogen) atoms. The van der Waals surface area contributed by atoms with Crippen LogP contribution in [-0.4, -0.2) is 42.9 Å². The monoisotopic (exact) mass is 434 g/mol. The van der Waals surface area contributed by atoms with E-state index in [0.29, 0.717) is 32.7 Å².